The van der Waals surface area contributed by atoms with Crippen LogP contribution in [0, 0.1) is 12.7 Å². The highest BCUT2D eigenvalue weighted by Gasteiger charge is 2.25. The van der Waals surface area contributed by atoms with Crippen LogP contribution in [0.5, 0.6) is 0 Å². The lowest BCUT2D eigenvalue weighted by molar-refractivity contribution is 0.0697. The predicted octanol–water partition coefficient (Wildman–Crippen LogP) is 3.53. The molecule has 0 unspecified atom stereocenters. The fourth-order valence-electron chi connectivity index (χ4n) is 2.77. The Morgan fingerprint density at radius 2 is 2.10 bits per heavy atom. The number of carbonyl (C=O) groups is 1. The van der Waals surface area contributed by atoms with Crippen molar-refractivity contribution >= 4 is 17.3 Å². The Balaban J connectivity index is 2.18. The number of fused-ring (bicyclic) bond motifs is 1. The summed E-state index contributed by atoms with van der Waals surface area (Å²) in [7, 11) is 0. The molecule has 0 saturated carbocycles. The van der Waals surface area contributed by atoms with Crippen LogP contribution < -0.4 is 4.90 Å². The van der Waals surface area contributed by atoms with Crippen molar-refractivity contribution in [2.24, 2.45) is 0 Å². The van der Waals surface area contributed by atoms with Gasteiger partial charge in [-0.3, -0.25) is 0 Å². The van der Waals surface area contributed by atoms with E-state index in [2.05, 4.69) is 0 Å². The van der Waals surface area contributed by atoms with Crippen molar-refractivity contribution in [1.82, 2.24) is 0 Å². The molecule has 0 aliphatic carbocycles. The first kappa shape index (κ1) is 12.7. The van der Waals surface area contributed by atoms with Crippen LogP contribution in [0.1, 0.15) is 21.5 Å². The average Bonchev–Trinajstić information content (AvgIpc) is 2.81. The Morgan fingerprint density at radius 3 is 2.85 bits per heavy atom. The molecular formula is C16H14FNO2. The van der Waals surface area contributed by atoms with Gasteiger partial charge in [-0.15, -0.1) is 0 Å². The van der Waals surface area contributed by atoms with Crippen LogP contribution >= 0.6 is 0 Å². The molecule has 0 saturated heterocycles. The zero-order chi connectivity index (χ0) is 14.3. The minimum absolute atomic E-state index is 0.252. The quantitative estimate of drug-likeness (QED) is 0.908. The second kappa shape index (κ2) is 4.63. The van der Waals surface area contributed by atoms with E-state index in [0.29, 0.717) is 12.2 Å². The lowest BCUT2D eigenvalue weighted by Crippen LogP contribution is -2.18. The zero-order valence-electron chi connectivity index (χ0n) is 11.1. The van der Waals surface area contributed by atoms with Crippen molar-refractivity contribution in [3.63, 3.8) is 0 Å². The topological polar surface area (TPSA) is 40.5 Å². The highest BCUT2D eigenvalue weighted by Crippen LogP contribution is 2.38. The number of halogens is 1. The molecule has 0 atom stereocenters. The molecule has 1 aliphatic heterocycles. The number of carboxylic acid groups (broad SMARTS) is 1. The van der Waals surface area contributed by atoms with Crippen LogP contribution in [0.2, 0.25) is 0 Å². The number of anilines is 2. The maximum atomic E-state index is 13.5. The van der Waals surface area contributed by atoms with E-state index in [1.54, 1.807) is 18.2 Å². The monoisotopic (exact) mass is 271 g/mol. The first-order valence-corrected chi connectivity index (χ1v) is 6.47. The maximum Gasteiger partial charge on any atom is 0.337 e. The third-order valence-corrected chi connectivity index (χ3v) is 3.68. The first-order valence-electron chi connectivity index (χ1n) is 6.47. The molecule has 0 aromatic heterocycles. The van der Waals surface area contributed by atoms with Gasteiger partial charge in [0.2, 0.25) is 0 Å². The van der Waals surface area contributed by atoms with Crippen LogP contribution in [0.4, 0.5) is 15.8 Å². The number of rotatable bonds is 2. The van der Waals surface area contributed by atoms with E-state index < -0.39 is 5.97 Å². The standard InChI is InChI=1S/C16H14FNO2/c1-10-3-2-4-13(16(19)20)15(10)18-8-7-11-5-6-12(17)9-14(11)18/h2-6,9H,7-8H2,1H3,(H,19,20). The summed E-state index contributed by atoms with van der Waals surface area (Å²) in [6.07, 6.45) is 0.795. The van der Waals surface area contributed by atoms with Gasteiger partial charge in [-0.2, -0.15) is 0 Å². The van der Waals surface area contributed by atoms with E-state index in [4.69, 9.17) is 0 Å². The van der Waals surface area contributed by atoms with Crippen molar-refractivity contribution in [3.05, 3.63) is 58.9 Å². The minimum Gasteiger partial charge on any atom is -0.478 e. The number of para-hydroxylation sites is 1. The number of nitrogens with zero attached hydrogens (tertiary/aromatic N) is 1. The number of hydrogen-bond donors (Lipinski definition) is 1. The summed E-state index contributed by atoms with van der Waals surface area (Å²) >= 11 is 0. The number of aryl methyl sites for hydroxylation is 1. The van der Waals surface area contributed by atoms with Gasteiger partial charge < -0.3 is 10.0 Å². The molecule has 20 heavy (non-hydrogen) atoms. The van der Waals surface area contributed by atoms with Gasteiger partial charge in [-0.25, -0.2) is 9.18 Å². The average molecular weight is 271 g/mol. The smallest absolute Gasteiger partial charge is 0.337 e. The number of benzene rings is 2. The van der Waals surface area contributed by atoms with Gasteiger partial charge in [0.15, 0.2) is 0 Å². The van der Waals surface area contributed by atoms with Gasteiger partial charge in [0, 0.05) is 12.2 Å². The molecule has 0 amide bonds. The lowest BCUT2D eigenvalue weighted by atomic mass is 10.1. The van der Waals surface area contributed by atoms with E-state index >= 15 is 0 Å². The molecule has 0 radical (unpaired) electrons. The summed E-state index contributed by atoms with van der Waals surface area (Å²) in [6, 6.07) is 9.87. The molecule has 0 spiro atoms. The summed E-state index contributed by atoms with van der Waals surface area (Å²) in [5, 5.41) is 9.35. The Morgan fingerprint density at radius 1 is 1.30 bits per heavy atom. The summed E-state index contributed by atoms with van der Waals surface area (Å²) in [4.78, 5) is 13.3. The minimum atomic E-state index is -0.964. The van der Waals surface area contributed by atoms with Gasteiger partial charge >= 0.3 is 5.97 Å². The summed E-state index contributed by atoms with van der Waals surface area (Å²) in [5.74, 6) is -1.27. The second-order valence-electron chi connectivity index (χ2n) is 4.95. The molecule has 2 aromatic carbocycles. The fraction of sp³-hybridized carbons (Fsp3) is 0.188. The van der Waals surface area contributed by atoms with Crippen molar-refractivity contribution in [2.45, 2.75) is 13.3 Å². The Kier molecular flexibility index (Phi) is 2.93. The molecule has 1 heterocycles. The number of hydrogen-bond acceptors (Lipinski definition) is 2. The fourth-order valence-corrected chi connectivity index (χ4v) is 2.77. The number of carboxylic acids is 1. The van der Waals surface area contributed by atoms with Crippen molar-refractivity contribution in [3.8, 4) is 0 Å². The third kappa shape index (κ3) is 1.93. The van der Waals surface area contributed by atoms with Gasteiger partial charge in [0.25, 0.3) is 0 Å². The van der Waals surface area contributed by atoms with Crippen molar-refractivity contribution < 1.29 is 14.3 Å². The second-order valence-corrected chi connectivity index (χ2v) is 4.95. The summed E-state index contributed by atoms with van der Waals surface area (Å²) < 4.78 is 13.5. The molecule has 3 rings (SSSR count). The molecule has 1 aliphatic rings. The Bertz CT molecular complexity index is 697. The molecule has 2 aromatic rings. The lowest BCUT2D eigenvalue weighted by Gasteiger charge is -2.23. The summed E-state index contributed by atoms with van der Waals surface area (Å²) in [5.41, 5.74) is 3.60. The van der Waals surface area contributed by atoms with Crippen LogP contribution in [0.25, 0.3) is 0 Å². The van der Waals surface area contributed by atoms with E-state index in [1.807, 2.05) is 17.9 Å². The summed E-state index contributed by atoms with van der Waals surface area (Å²) in [6.45, 7) is 2.54. The van der Waals surface area contributed by atoms with Crippen LogP contribution in [0.3, 0.4) is 0 Å². The van der Waals surface area contributed by atoms with Crippen LogP contribution in [-0.2, 0) is 6.42 Å². The third-order valence-electron chi connectivity index (χ3n) is 3.68. The van der Waals surface area contributed by atoms with E-state index in [0.717, 1.165) is 23.2 Å². The molecule has 0 fully saturated rings. The zero-order valence-corrected chi connectivity index (χ0v) is 11.1. The maximum absolute atomic E-state index is 13.5. The molecule has 3 nitrogen and oxygen atoms in total. The van der Waals surface area contributed by atoms with Gasteiger partial charge in [0.05, 0.1) is 11.3 Å². The van der Waals surface area contributed by atoms with Gasteiger partial charge in [-0.1, -0.05) is 18.2 Å². The van der Waals surface area contributed by atoms with E-state index in [-0.39, 0.29) is 11.4 Å². The highest BCUT2D eigenvalue weighted by molar-refractivity contribution is 5.97. The highest BCUT2D eigenvalue weighted by atomic mass is 19.1. The van der Waals surface area contributed by atoms with Crippen molar-refractivity contribution in [2.75, 3.05) is 11.4 Å². The predicted molar refractivity (Wildman–Crippen MR) is 75.2 cm³/mol. The first-order chi connectivity index (χ1) is 9.58. The molecule has 1 N–H and O–H groups in total. The number of aromatic carboxylic acids is 1. The largest absolute Gasteiger partial charge is 0.478 e. The van der Waals surface area contributed by atoms with E-state index in [9.17, 15) is 14.3 Å². The molecule has 102 valence electrons. The Hall–Kier alpha value is -2.36. The van der Waals surface area contributed by atoms with Gasteiger partial charge in [0.1, 0.15) is 5.82 Å². The molecular weight excluding hydrogens is 257 g/mol. The van der Waals surface area contributed by atoms with Crippen LogP contribution in [-0.4, -0.2) is 17.6 Å². The van der Waals surface area contributed by atoms with Crippen LogP contribution in [0.15, 0.2) is 36.4 Å². The molecule has 0 bridgehead atoms. The SMILES string of the molecule is Cc1cccc(C(=O)O)c1N1CCc2ccc(F)cc21. The normalized spacial score (nSPS) is 13.4. The molecule has 4 heteroatoms. The Labute approximate surface area is 116 Å². The van der Waals surface area contributed by atoms with Gasteiger partial charge in [-0.05, 0) is 42.7 Å². The van der Waals surface area contributed by atoms with E-state index in [1.165, 1.54) is 12.1 Å². The van der Waals surface area contributed by atoms with Crippen molar-refractivity contribution in [1.29, 1.82) is 0 Å².